The number of nitrogens with one attached hydrogen (secondary N) is 1. The smallest absolute Gasteiger partial charge is 0.227 e. The van der Waals surface area contributed by atoms with Crippen molar-refractivity contribution in [2.45, 2.75) is 84.6 Å². The van der Waals surface area contributed by atoms with Gasteiger partial charge in [0.05, 0.1) is 17.4 Å². The summed E-state index contributed by atoms with van der Waals surface area (Å²) in [5.41, 5.74) is 15.0. The van der Waals surface area contributed by atoms with Gasteiger partial charge in [-0.3, -0.25) is 10.4 Å². The summed E-state index contributed by atoms with van der Waals surface area (Å²) in [4.78, 5) is 4.84. The van der Waals surface area contributed by atoms with Crippen molar-refractivity contribution in [2.75, 3.05) is 5.01 Å². The predicted octanol–water partition coefficient (Wildman–Crippen LogP) is 11.1. The fraction of sp³-hybridized carbons (Fsp3) is 0.310. The summed E-state index contributed by atoms with van der Waals surface area (Å²) >= 11 is 0. The Bertz CT molecular complexity index is 1870. The van der Waals surface area contributed by atoms with Crippen molar-refractivity contribution in [3.05, 3.63) is 137 Å². The van der Waals surface area contributed by atoms with Crippen LogP contribution in [0.1, 0.15) is 96.2 Å². The number of allylic oxidation sites excluding steroid dienone is 1. The van der Waals surface area contributed by atoms with Crippen LogP contribution >= 0.6 is 0 Å². The van der Waals surface area contributed by atoms with Crippen LogP contribution in [0.4, 0.5) is 5.69 Å². The second-order valence-corrected chi connectivity index (χ2v) is 15.6. The molecule has 0 saturated heterocycles. The lowest BCUT2D eigenvalue weighted by Crippen LogP contribution is -2.34. The first-order valence-electron chi connectivity index (χ1n) is 16.3. The lowest BCUT2D eigenvalue weighted by Gasteiger charge is -2.27. The zero-order chi connectivity index (χ0) is 32.9. The van der Waals surface area contributed by atoms with Crippen molar-refractivity contribution < 1.29 is 4.42 Å². The number of rotatable bonds is 5. The van der Waals surface area contributed by atoms with Gasteiger partial charge in [-0.25, -0.2) is 4.98 Å². The van der Waals surface area contributed by atoms with Crippen molar-refractivity contribution >= 4 is 22.9 Å². The van der Waals surface area contributed by atoms with Crippen LogP contribution in [-0.2, 0) is 16.2 Å². The summed E-state index contributed by atoms with van der Waals surface area (Å²) in [6, 6.07) is 32.4. The number of oxazole rings is 1. The minimum absolute atomic E-state index is 0.0397. The van der Waals surface area contributed by atoms with Crippen molar-refractivity contribution in [3.8, 4) is 11.5 Å². The average Bonchev–Trinajstić information content (AvgIpc) is 3.64. The van der Waals surface area contributed by atoms with E-state index in [9.17, 15) is 0 Å². The molecule has 2 heterocycles. The van der Waals surface area contributed by atoms with E-state index < -0.39 is 0 Å². The van der Waals surface area contributed by atoms with E-state index in [4.69, 9.17) is 9.40 Å². The number of fused-ring (bicyclic) bond motifs is 1. The number of hydrogen-bond acceptors (Lipinski definition) is 4. The standard InChI is InChI=1S/C42H47N3O/c1-40(2,3)31-18-22-38-36(26-31)43-39(46-38)30-16-20-35(21-17-30)45-37(29-13-11-10-12-14-29)27-34(44-45)19-15-28-23-32(41(4,5)6)25-33(24-28)42(7,8)9/h10-27,37,44H,1-9H3. The van der Waals surface area contributed by atoms with E-state index in [1.165, 1.54) is 27.8 Å². The van der Waals surface area contributed by atoms with Crippen molar-refractivity contribution in [1.82, 2.24) is 10.4 Å². The van der Waals surface area contributed by atoms with Gasteiger partial charge in [-0.05, 0) is 92.6 Å². The van der Waals surface area contributed by atoms with E-state index in [0.29, 0.717) is 5.89 Å². The lowest BCUT2D eigenvalue weighted by atomic mass is 9.79. The van der Waals surface area contributed by atoms with Crippen LogP contribution < -0.4 is 10.4 Å². The van der Waals surface area contributed by atoms with E-state index in [1.54, 1.807) is 0 Å². The SMILES string of the molecule is CC(C)(C)c1cc(C=CC2=CC(c3ccccc3)N(c3ccc(-c4nc5cc(C(C)(C)C)ccc5o4)cc3)N2)cc(C(C)(C)C)c1. The van der Waals surface area contributed by atoms with E-state index >= 15 is 0 Å². The molecule has 0 saturated carbocycles. The van der Waals surface area contributed by atoms with Crippen LogP contribution in [0.5, 0.6) is 0 Å². The molecule has 0 bridgehead atoms. The predicted molar refractivity (Wildman–Crippen MR) is 194 cm³/mol. The third kappa shape index (κ3) is 6.67. The molecule has 0 radical (unpaired) electrons. The van der Waals surface area contributed by atoms with Gasteiger partial charge < -0.3 is 4.42 Å². The highest BCUT2D eigenvalue weighted by atomic mass is 16.3. The van der Waals surface area contributed by atoms with E-state index in [0.717, 1.165) is 28.0 Å². The summed E-state index contributed by atoms with van der Waals surface area (Å²) in [6.07, 6.45) is 6.73. The highest BCUT2D eigenvalue weighted by molar-refractivity contribution is 5.77. The van der Waals surface area contributed by atoms with Crippen LogP contribution in [0.2, 0.25) is 0 Å². The maximum Gasteiger partial charge on any atom is 0.227 e. The molecule has 236 valence electrons. The summed E-state index contributed by atoms with van der Waals surface area (Å²) in [6.45, 7) is 20.3. The first kappa shape index (κ1) is 31.4. The average molecular weight is 610 g/mol. The second-order valence-electron chi connectivity index (χ2n) is 15.6. The van der Waals surface area contributed by atoms with Gasteiger partial charge in [0, 0.05) is 5.56 Å². The largest absolute Gasteiger partial charge is 0.436 e. The number of benzene rings is 4. The fourth-order valence-corrected chi connectivity index (χ4v) is 5.79. The molecule has 1 aliphatic heterocycles. The molecular formula is C42H47N3O. The van der Waals surface area contributed by atoms with Gasteiger partial charge in [0.2, 0.25) is 5.89 Å². The zero-order valence-electron chi connectivity index (χ0n) is 28.8. The Morgan fingerprint density at radius 1 is 0.674 bits per heavy atom. The molecule has 6 rings (SSSR count). The Kier molecular flexibility index (Phi) is 7.96. The fourth-order valence-electron chi connectivity index (χ4n) is 5.79. The van der Waals surface area contributed by atoms with E-state index in [2.05, 4.69) is 176 Å². The molecule has 5 aromatic rings. The molecule has 1 aliphatic rings. The maximum absolute atomic E-state index is 6.17. The van der Waals surface area contributed by atoms with Crippen LogP contribution in [0, 0.1) is 0 Å². The van der Waals surface area contributed by atoms with Crippen LogP contribution in [-0.4, -0.2) is 4.98 Å². The number of anilines is 1. The summed E-state index contributed by atoms with van der Waals surface area (Å²) in [5.74, 6) is 0.635. The molecule has 1 aromatic heterocycles. The third-order valence-electron chi connectivity index (χ3n) is 8.79. The molecule has 1 N–H and O–H groups in total. The van der Waals surface area contributed by atoms with Crippen LogP contribution in [0.15, 0.2) is 113 Å². The van der Waals surface area contributed by atoms with Crippen molar-refractivity contribution in [1.29, 1.82) is 0 Å². The number of aromatic nitrogens is 1. The van der Waals surface area contributed by atoms with Crippen LogP contribution in [0.3, 0.4) is 0 Å². The molecule has 0 spiro atoms. The molecule has 0 aliphatic carbocycles. The topological polar surface area (TPSA) is 41.3 Å². The second kappa shape index (κ2) is 11.7. The first-order valence-corrected chi connectivity index (χ1v) is 16.3. The molecule has 4 nitrogen and oxygen atoms in total. The molecule has 1 atom stereocenters. The number of hydrogen-bond donors (Lipinski definition) is 1. The molecule has 46 heavy (non-hydrogen) atoms. The number of hydrazine groups is 1. The molecule has 1 unspecified atom stereocenters. The normalized spacial score (nSPS) is 15.9. The monoisotopic (exact) mass is 609 g/mol. The Balaban J connectivity index is 1.29. The van der Waals surface area contributed by atoms with Gasteiger partial charge in [-0.15, -0.1) is 0 Å². The molecule has 4 aromatic carbocycles. The minimum Gasteiger partial charge on any atom is -0.436 e. The maximum atomic E-state index is 6.17. The summed E-state index contributed by atoms with van der Waals surface area (Å²) < 4.78 is 6.17. The molecule has 0 fully saturated rings. The number of nitrogens with zero attached hydrogens (tertiary/aromatic N) is 2. The highest BCUT2D eigenvalue weighted by Crippen LogP contribution is 2.36. The Hall–Kier alpha value is -4.57. The van der Waals surface area contributed by atoms with Gasteiger partial charge in [0.15, 0.2) is 5.58 Å². The van der Waals surface area contributed by atoms with Gasteiger partial charge in [-0.2, -0.15) is 0 Å². The lowest BCUT2D eigenvalue weighted by molar-refractivity contribution is 0.568. The third-order valence-corrected chi connectivity index (χ3v) is 8.79. The molecule has 0 amide bonds. The van der Waals surface area contributed by atoms with Crippen molar-refractivity contribution in [2.24, 2.45) is 0 Å². The Morgan fingerprint density at radius 2 is 1.30 bits per heavy atom. The van der Waals surface area contributed by atoms with E-state index in [1.807, 2.05) is 6.07 Å². The van der Waals surface area contributed by atoms with Gasteiger partial charge in [-0.1, -0.05) is 123 Å². The zero-order valence-corrected chi connectivity index (χ0v) is 28.8. The van der Waals surface area contributed by atoms with Gasteiger partial charge in [0.1, 0.15) is 5.52 Å². The summed E-state index contributed by atoms with van der Waals surface area (Å²) in [7, 11) is 0. The van der Waals surface area contributed by atoms with Crippen molar-refractivity contribution in [3.63, 3.8) is 0 Å². The quantitative estimate of drug-likeness (QED) is 0.215. The van der Waals surface area contributed by atoms with Crippen LogP contribution in [0.25, 0.3) is 28.6 Å². The van der Waals surface area contributed by atoms with Gasteiger partial charge in [0.25, 0.3) is 0 Å². The minimum atomic E-state index is 0.0397. The molecular weight excluding hydrogens is 562 g/mol. The Labute approximate surface area is 274 Å². The Morgan fingerprint density at radius 3 is 1.91 bits per heavy atom. The summed E-state index contributed by atoms with van der Waals surface area (Å²) in [5, 5.41) is 2.23. The van der Waals surface area contributed by atoms with E-state index in [-0.39, 0.29) is 22.3 Å². The highest BCUT2D eigenvalue weighted by Gasteiger charge is 2.26. The van der Waals surface area contributed by atoms with Gasteiger partial charge >= 0.3 is 0 Å². The molecule has 4 heteroatoms. The first-order chi connectivity index (χ1) is 21.6.